The van der Waals surface area contributed by atoms with Crippen LogP contribution in [0.15, 0.2) is 30.5 Å². The molecular weight excluding hydrogens is 567 g/mol. The Hall–Kier alpha value is -3.36. The van der Waals surface area contributed by atoms with Crippen LogP contribution in [0.5, 0.6) is 5.75 Å². The quantitative estimate of drug-likeness (QED) is 0.360. The van der Waals surface area contributed by atoms with E-state index in [1.165, 1.54) is 37.3 Å². The summed E-state index contributed by atoms with van der Waals surface area (Å²) in [7, 11) is 3.17. The smallest absolute Gasteiger partial charge is 0.417 e. The number of aromatic nitrogens is 1. The normalized spacial score (nSPS) is 26.9. The van der Waals surface area contributed by atoms with Gasteiger partial charge in [0.05, 0.1) is 13.2 Å². The Morgan fingerprint density at radius 2 is 1.93 bits per heavy atom. The number of anilines is 2. The van der Waals surface area contributed by atoms with E-state index in [0.29, 0.717) is 6.54 Å². The minimum absolute atomic E-state index is 0.00487. The van der Waals surface area contributed by atoms with Crippen LogP contribution in [0, 0.1) is 17.6 Å². The summed E-state index contributed by atoms with van der Waals surface area (Å²) in [4.78, 5) is 33.9. The molecule has 2 aliphatic rings. The van der Waals surface area contributed by atoms with E-state index in [1.54, 1.807) is 0 Å². The van der Waals surface area contributed by atoms with Gasteiger partial charge in [-0.05, 0) is 33.0 Å². The van der Waals surface area contributed by atoms with Crippen molar-refractivity contribution in [1.29, 1.82) is 0 Å². The van der Waals surface area contributed by atoms with Crippen LogP contribution in [0.3, 0.4) is 0 Å². The van der Waals surface area contributed by atoms with Gasteiger partial charge in [0, 0.05) is 55.0 Å². The number of alkyl halides is 3. The molecule has 42 heavy (non-hydrogen) atoms. The number of nitrogens with zero attached hydrogens (tertiary/aromatic N) is 3. The summed E-state index contributed by atoms with van der Waals surface area (Å²) in [6, 6.07) is 4.49. The number of rotatable bonds is 8. The highest BCUT2D eigenvalue weighted by molar-refractivity contribution is 5.98. The first-order valence-electron chi connectivity index (χ1n) is 13.3. The van der Waals surface area contributed by atoms with E-state index < -0.39 is 53.0 Å². The topological polar surface area (TPSA) is 93.2 Å². The molecule has 2 aromatic rings. The molecule has 9 nitrogen and oxygen atoms in total. The van der Waals surface area contributed by atoms with E-state index >= 15 is 0 Å². The van der Waals surface area contributed by atoms with Gasteiger partial charge in [0.25, 0.3) is 5.91 Å². The number of methoxy groups -OCH3 is 1. The summed E-state index contributed by atoms with van der Waals surface area (Å²) in [6.07, 6.45) is -5.32. The van der Waals surface area contributed by atoms with Crippen molar-refractivity contribution >= 4 is 23.3 Å². The fourth-order valence-corrected chi connectivity index (χ4v) is 5.55. The second kappa shape index (κ2) is 12.1. The monoisotopic (exact) mass is 600 g/mol. The molecular formula is C28H33F5N4O5. The number of carbonyl (C=O) groups is 2. The third kappa shape index (κ3) is 5.92. The SMILES string of the molecule is COCCOc1c([C@H]2[C@H](C(=O)Nc3ccnc(N4C(=O)CN(C)C[C@H]4C)c3)O[C@@](C)(C(F)(F)F)[C@H]2C)ccc(F)c1F. The number of ether oxygens (including phenoxy) is 3. The lowest BCUT2D eigenvalue weighted by Gasteiger charge is -2.37. The van der Waals surface area contributed by atoms with Gasteiger partial charge in [-0.15, -0.1) is 0 Å². The molecule has 1 aromatic heterocycles. The number of likely N-dealkylation sites (N-methyl/N-ethyl adjacent to an activating group) is 1. The molecule has 2 amide bonds. The highest BCUT2D eigenvalue weighted by Crippen LogP contribution is 2.55. The van der Waals surface area contributed by atoms with E-state index in [9.17, 15) is 31.5 Å². The van der Waals surface area contributed by atoms with E-state index in [-0.39, 0.29) is 48.8 Å². The number of pyridine rings is 1. The van der Waals surface area contributed by atoms with Crippen molar-refractivity contribution in [3.8, 4) is 5.75 Å². The first-order chi connectivity index (χ1) is 19.7. The van der Waals surface area contributed by atoms with Crippen LogP contribution in [-0.2, 0) is 19.1 Å². The lowest BCUT2D eigenvalue weighted by molar-refractivity contribution is -0.272. The van der Waals surface area contributed by atoms with Crippen molar-refractivity contribution in [3.63, 3.8) is 0 Å². The Balaban J connectivity index is 1.70. The van der Waals surface area contributed by atoms with Crippen LogP contribution in [-0.4, -0.2) is 86.1 Å². The molecule has 0 radical (unpaired) electrons. The number of nitrogens with one attached hydrogen (secondary N) is 1. The summed E-state index contributed by atoms with van der Waals surface area (Å²) in [5.74, 6) is -7.00. The summed E-state index contributed by atoms with van der Waals surface area (Å²) >= 11 is 0. The predicted octanol–water partition coefficient (Wildman–Crippen LogP) is 4.13. The van der Waals surface area contributed by atoms with Crippen molar-refractivity contribution < 1.29 is 45.8 Å². The maximum Gasteiger partial charge on any atom is 0.417 e. The third-order valence-corrected chi connectivity index (χ3v) is 7.85. The first-order valence-corrected chi connectivity index (χ1v) is 13.3. The van der Waals surface area contributed by atoms with Crippen molar-refractivity contribution in [1.82, 2.24) is 9.88 Å². The van der Waals surface area contributed by atoms with E-state index in [1.807, 2.05) is 18.9 Å². The number of amides is 2. The average Bonchev–Trinajstić information content (AvgIpc) is 3.18. The molecule has 1 aromatic carbocycles. The molecule has 5 atom stereocenters. The van der Waals surface area contributed by atoms with Crippen LogP contribution in [0.2, 0.25) is 0 Å². The Kier molecular flexibility index (Phi) is 9.09. The Labute approximate surface area is 239 Å². The van der Waals surface area contributed by atoms with Crippen molar-refractivity contribution in [2.45, 2.75) is 50.6 Å². The van der Waals surface area contributed by atoms with E-state index in [4.69, 9.17) is 14.2 Å². The van der Waals surface area contributed by atoms with Crippen molar-refractivity contribution in [2.24, 2.45) is 5.92 Å². The van der Waals surface area contributed by atoms with Crippen molar-refractivity contribution in [2.75, 3.05) is 50.7 Å². The average molecular weight is 601 g/mol. The zero-order valence-electron chi connectivity index (χ0n) is 23.8. The molecule has 0 saturated carbocycles. The Morgan fingerprint density at radius 1 is 1.21 bits per heavy atom. The molecule has 14 heteroatoms. The van der Waals surface area contributed by atoms with E-state index in [0.717, 1.165) is 19.1 Å². The molecule has 2 fully saturated rings. The van der Waals surface area contributed by atoms with Gasteiger partial charge < -0.3 is 19.5 Å². The standard InChI is InChI=1S/C28H33F5N4O5/c1-15-13-36(4)14-21(38)37(15)20-12-17(8-9-34-20)35-26(39)25-22(16(2)27(3,42-25)28(31,32)33)18-6-7-19(29)23(30)24(18)41-11-10-40-5/h6-9,12,15-16,22,25H,10-11,13-14H2,1-5H3,(H,34,35,39)/t15-,16+,22+,25-,27-/m1/s1. The summed E-state index contributed by atoms with van der Waals surface area (Å²) in [5.41, 5.74) is -2.81. The maximum atomic E-state index is 14.9. The fraction of sp³-hybridized carbons (Fsp3) is 0.536. The Bertz CT molecular complexity index is 1330. The predicted molar refractivity (Wildman–Crippen MR) is 142 cm³/mol. The molecule has 2 saturated heterocycles. The minimum Gasteiger partial charge on any atom is -0.488 e. The number of hydrogen-bond donors (Lipinski definition) is 1. The van der Waals surface area contributed by atoms with Gasteiger partial charge in [0.2, 0.25) is 11.7 Å². The lowest BCUT2D eigenvalue weighted by atomic mass is 9.77. The highest BCUT2D eigenvalue weighted by atomic mass is 19.4. The fourth-order valence-electron chi connectivity index (χ4n) is 5.55. The minimum atomic E-state index is -4.91. The van der Waals surface area contributed by atoms with Gasteiger partial charge in [-0.3, -0.25) is 19.4 Å². The van der Waals surface area contributed by atoms with Gasteiger partial charge >= 0.3 is 6.18 Å². The van der Waals surface area contributed by atoms with Crippen LogP contribution in [0.25, 0.3) is 0 Å². The highest BCUT2D eigenvalue weighted by Gasteiger charge is 2.66. The molecule has 2 aliphatic heterocycles. The van der Waals surface area contributed by atoms with Crippen molar-refractivity contribution in [3.05, 3.63) is 47.7 Å². The molecule has 3 heterocycles. The lowest BCUT2D eigenvalue weighted by Crippen LogP contribution is -2.54. The zero-order chi connectivity index (χ0) is 31.0. The molecule has 230 valence electrons. The van der Waals surface area contributed by atoms with E-state index in [2.05, 4.69) is 10.3 Å². The third-order valence-electron chi connectivity index (χ3n) is 7.85. The largest absolute Gasteiger partial charge is 0.488 e. The molecule has 0 spiro atoms. The van der Waals surface area contributed by atoms with Gasteiger partial charge in [-0.1, -0.05) is 13.0 Å². The second-order valence-corrected chi connectivity index (χ2v) is 10.8. The number of hydrogen-bond acceptors (Lipinski definition) is 7. The summed E-state index contributed by atoms with van der Waals surface area (Å²) in [6.45, 7) is 4.41. The van der Waals surface area contributed by atoms with Crippen LogP contribution >= 0.6 is 0 Å². The van der Waals surface area contributed by atoms with Gasteiger partial charge in [-0.2, -0.15) is 17.6 Å². The number of carbonyl (C=O) groups excluding carboxylic acids is 2. The first kappa shape index (κ1) is 31.6. The summed E-state index contributed by atoms with van der Waals surface area (Å²) in [5, 5.41) is 2.56. The van der Waals surface area contributed by atoms with Gasteiger partial charge in [-0.25, -0.2) is 9.37 Å². The number of benzene rings is 1. The molecule has 0 bridgehead atoms. The van der Waals surface area contributed by atoms with Crippen LogP contribution < -0.4 is 15.0 Å². The second-order valence-electron chi connectivity index (χ2n) is 10.8. The van der Waals surface area contributed by atoms with Gasteiger partial charge in [0.1, 0.15) is 18.5 Å². The summed E-state index contributed by atoms with van der Waals surface area (Å²) < 4.78 is 87.8. The molecule has 0 aliphatic carbocycles. The van der Waals surface area contributed by atoms with Crippen LogP contribution in [0.1, 0.15) is 32.3 Å². The molecule has 4 rings (SSSR count). The maximum absolute atomic E-state index is 14.9. The Morgan fingerprint density at radius 3 is 2.57 bits per heavy atom. The van der Waals surface area contributed by atoms with Crippen LogP contribution in [0.4, 0.5) is 33.5 Å². The number of piperazine rings is 1. The zero-order valence-corrected chi connectivity index (χ0v) is 23.8. The molecule has 1 N–H and O–H groups in total. The van der Waals surface area contributed by atoms with Gasteiger partial charge in [0.15, 0.2) is 17.2 Å². The number of halogens is 5. The molecule has 0 unspecified atom stereocenters.